The lowest BCUT2D eigenvalue weighted by atomic mass is 9.96. The van der Waals surface area contributed by atoms with Crippen molar-refractivity contribution < 1.29 is 14.3 Å². The second kappa shape index (κ2) is 8.82. The highest BCUT2D eigenvalue weighted by atomic mass is 16.5. The highest BCUT2D eigenvalue weighted by Crippen LogP contribution is 2.21. The molecule has 1 unspecified atom stereocenters. The van der Waals surface area contributed by atoms with E-state index in [1.807, 2.05) is 0 Å². The molecule has 1 saturated heterocycles. The van der Waals surface area contributed by atoms with E-state index in [1.54, 1.807) is 24.3 Å². The molecule has 5 nitrogen and oxygen atoms in total. The second-order valence-corrected chi connectivity index (χ2v) is 7.12. The Kier molecular flexibility index (Phi) is 6.24. The van der Waals surface area contributed by atoms with Crippen LogP contribution in [0.1, 0.15) is 34.3 Å². The lowest BCUT2D eigenvalue weighted by Gasteiger charge is -2.32. The molecule has 1 aliphatic heterocycles. The van der Waals surface area contributed by atoms with E-state index in [1.165, 1.54) is 18.2 Å². The molecular weight excluding hydrogens is 340 g/mol. The van der Waals surface area contributed by atoms with Gasteiger partial charge in [-0.05, 0) is 50.1 Å². The highest BCUT2D eigenvalue weighted by Gasteiger charge is 2.26. The summed E-state index contributed by atoms with van der Waals surface area (Å²) >= 11 is 0. The van der Waals surface area contributed by atoms with Gasteiger partial charge in [0.05, 0.1) is 18.6 Å². The summed E-state index contributed by atoms with van der Waals surface area (Å²) < 4.78 is 4.73. The summed E-state index contributed by atoms with van der Waals surface area (Å²) in [5, 5.41) is 2.95. The van der Waals surface area contributed by atoms with Crippen molar-refractivity contribution in [2.24, 2.45) is 5.92 Å². The minimum Gasteiger partial charge on any atom is -0.465 e. The Hall–Kier alpha value is -2.66. The topological polar surface area (TPSA) is 58.6 Å². The van der Waals surface area contributed by atoms with E-state index in [9.17, 15) is 9.59 Å². The monoisotopic (exact) mass is 366 g/mol. The number of hydrogen-bond acceptors (Lipinski definition) is 4. The first kappa shape index (κ1) is 19.1. The van der Waals surface area contributed by atoms with Crippen LogP contribution < -0.4 is 5.32 Å². The molecule has 1 aliphatic rings. The fourth-order valence-electron chi connectivity index (χ4n) is 3.57. The number of nitrogens with zero attached hydrogens (tertiary/aromatic N) is 1. The van der Waals surface area contributed by atoms with Crippen molar-refractivity contribution in [2.45, 2.75) is 26.3 Å². The maximum Gasteiger partial charge on any atom is 0.337 e. The Balaban J connectivity index is 1.60. The van der Waals surface area contributed by atoms with Gasteiger partial charge in [-0.1, -0.05) is 35.9 Å². The second-order valence-electron chi connectivity index (χ2n) is 7.12. The van der Waals surface area contributed by atoms with Crippen molar-refractivity contribution in [3.8, 4) is 0 Å². The van der Waals surface area contributed by atoms with Crippen molar-refractivity contribution >= 4 is 17.6 Å². The molecule has 3 rings (SSSR count). The molecule has 0 bridgehead atoms. The van der Waals surface area contributed by atoms with Crippen LogP contribution >= 0.6 is 0 Å². The van der Waals surface area contributed by atoms with Gasteiger partial charge in [0.2, 0.25) is 5.91 Å². The fraction of sp³-hybridized carbons (Fsp3) is 0.364. The summed E-state index contributed by atoms with van der Waals surface area (Å²) in [7, 11) is 1.35. The SMILES string of the molecule is COC(=O)c1cccc(NC(=O)C2CCCN(Cc3cccc(C)c3)C2)c1. The first-order chi connectivity index (χ1) is 13.0. The predicted octanol–water partition coefficient (Wildman–Crippen LogP) is 3.63. The molecule has 0 spiro atoms. The molecule has 2 aromatic rings. The average molecular weight is 366 g/mol. The quantitative estimate of drug-likeness (QED) is 0.821. The van der Waals surface area contributed by atoms with Crippen LogP contribution in [0.4, 0.5) is 5.69 Å². The van der Waals surface area contributed by atoms with Gasteiger partial charge in [0.15, 0.2) is 0 Å². The molecule has 1 heterocycles. The number of benzene rings is 2. The number of nitrogens with one attached hydrogen (secondary N) is 1. The van der Waals surface area contributed by atoms with Gasteiger partial charge in [-0.15, -0.1) is 0 Å². The van der Waals surface area contributed by atoms with Gasteiger partial charge in [0, 0.05) is 18.8 Å². The van der Waals surface area contributed by atoms with Crippen LogP contribution in [-0.4, -0.2) is 37.0 Å². The Morgan fingerprint density at radius 3 is 2.78 bits per heavy atom. The van der Waals surface area contributed by atoms with Crippen molar-refractivity contribution in [3.05, 3.63) is 65.2 Å². The van der Waals surface area contributed by atoms with Gasteiger partial charge in [0.25, 0.3) is 0 Å². The Morgan fingerprint density at radius 1 is 1.19 bits per heavy atom. The van der Waals surface area contributed by atoms with Crippen LogP contribution in [0, 0.1) is 12.8 Å². The molecule has 2 aromatic carbocycles. The van der Waals surface area contributed by atoms with E-state index in [2.05, 4.69) is 41.4 Å². The van der Waals surface area contributed by atoms with Crippen molar-refractivity contribution in [3.63, 3.8) is 0 Å². The molecule has 0 aromatic heterocycles. The smallest absolute Gasteiger partial charge is 0.337 e. The molecule has 142 valence electrons. The highest BCUT2D eigenvalue weighted by molar-refractivity contribution is 5.95. The summed E-state index contributed by atoms with van der Waals surface area (Å²) in [6.07, 6.45) is 1.89. The molecule has 0 radical (unpaired) electrons. The number of hydrogen-bond donors (Lipinski definition) is 1. The molecule has 1 fully saturated rings. The average Bonchev–Trinajstić information content (AvgIpc) is 2.68. The number of amides is 1. The van der Waals surface area contributed by atoms with Gasteiger partial charge in [-0.2, -0.15) is 0 Å². The number of anilines is 1. The first-order valence-corrected chi connectivity index (χ1v) is 9.32. The van der Waals surface area contributed by atoms with E-state index in [0.717, 1.165) is 32.5 Å². The van der Waals surface area contributed by atoms with E-state index in [0.29, 0.717) is 11.3 Å². The van der Waals surface area contributed by atoms with E-state index < -0.39 is 5.97 Å². The summed E-state index contributed by atoms with van der Waals surface area (Å²) in [5.41, 5.74) is 3.59. The third kappa shape index (κ3) is 5.17. The Morgan fingerprint density at radius 2 is 2.00 bits per heavy atom. The van der Waals surface area contributed by atoms with Gasteiger partial charge in [0.1, 0.15) is 0 Å². The van der Waals surface area contributed by atoms with Crippen LogP contribution in [-0.2, 0) is 16.1 Å². The maximum absolute atomic E-state index is 12.7. The van der Waals surface area contributed by atoms with Crippen LogP contribution in [0.15, 0.2) is 48.5 Å². The van der Waals surface area contributed by atoms with Gasteiger partial charge in [-0.25, -0.2) is 4.79 Å². The number of ether oxygens (including phenoxy) is 1. The number of esters is 1. The molecule has 0 saturated carbocycles. The minimum absolute atomic E-state index is 0.00552. The van der Waals surface area contributed by atoms with Gasteiger partial charge in [-0.3, -0.25) is 9.69 Å². The maximum atomic E-state index is 12.7. The normalized spacial score (nSPS) is 17.3. The number of carbonyl (C=O) groups is 2. The van der Waals surface area contributed by atoms with Crippen LogP contribution in [0.3, 0.4) is 0 Å². The standard InChI is InChI=1S/C22H26N2O3/c1-16-6-3-7-17(12-16)14-24-11-5-9-19(15-24)21(25)23-20-10-4-8-18(13-20)22(26)27-2/h3-4,6-8,10,12-13,19H,5,9,11,14-15H2,1-2H3,(H,23,25). The number of piperidine rings is 1. The molecule has 0 aliphatic carbocycles. The zero-order valence-electron chi connectivity index (χ0n) is 15.9. The van der Waals surface area contributed by atoms with Crippen LogP contribution in [0.25, 0.3) is 0 Å². The molecule has 27 heavy (non-hydrogen) atoms. The van der Waals surface area contributed by atoms with Gasteiger partial charge >= 0.3 is 5.97 Å². The van der Waals surface area contributed by atoms with E-state index in [4.69, 9.17) is 4.74 Å². The van der Waals surface area contributed by atoms with Crippen LogP contribution in [0.5, 0.6) is 0 Å². The summed E-state index contributed by atoms with van der Waals surface area (Å²) in [4.78, 5) is 26.7. The number of rotatable bonds is 5. The molecule has 1 amide bonds. The Labute approximate surface area is 160 Å². The molecule has 1 N–H and O–H groups in total. The predicted molar refractivity (Wildman–Crippen MR) is 106 cm³/mol. The molecular formula is C22H26N2O3. The summed E-state index contributed by atoms with van der Waals surface area (Å²) in [6, 6.07) is 15.4. The summed E-state index contributed by atoms with van der Waals surface area (Å²) in [6.45, 7) is 4.72. The van der Waals surface area contributed by atoms with E-state index in [-0.39, 0.29) is 11.8 Å². The number of methoxy groups -OCH3 is 1. The van der Waals surface area contributed by atoms with Crippen molar-refractivity contribution in [1.82, 2.24) is 4.90 Å². The molecule has 1 atom stereocenters. The van der Waals surface area contributed by atoms with Crippen molar-refractivity contribution in [1.29, 1.82) is 0 Å². The third-order valence-corrected chi connectivity index (χ3v) is 4.92. The molecule has 5 heteroatoms. The fourth-order valence-corrected chi connectivity index (χ4v) is 3.57. The lowest BCUT2D eigenvalue weighted by Crippen LogP contribution is -2.40. The van der Waals surface area contributed by atoms with Crippen molar-refractivity contribution in [2.75, 3.05) is 25.5 Å². The Bertz CT molecular complexity index is 819. The zero-order valence-corrected chi connectivity index (χ0v) is 15.9. The number of aryl methyl sites for hydroxylation is 1. The third-order valence-electron chi connectivity index (χ3n) is 4.92. The lowest BCUT2D eigenvalue weighted by molar-refractivity contribution is -0.121. The number of carbonyl (C=O) groups excluding carboxylic acids is 2. The van der Waals surface area contributed by atoms with Gasteiger partial charge < -0.3 is 10.1 Å². The zero-order chi connectivity index (χ0) is 19.2. The van der Waals surface area contributed by atoms with Crippen LogP contribution in [0.2, 0.25) is 0 Å². The first-order valence-electron chi connectivity index (χ1n) is 9.32. The van der Waals surface area contributed by atoms with E-state index >= 15 is 0 Å². The minimum atomic E-state index is -0.409. The number of likely N-dealkylation sites (tertiary alicyclic amines) is 1. The summed E-state index contributed by atoms with van der Waals surface area (Å²) in [5.74, 6) is -0.454. The largest absolute Gasteiger partial charge is 0.465 e.